The molecule has 0 aromatic carbocycles. The van der Waals surface area contributed by atoms with Crippen LogP contribution in [0.5, 0.6) is 0 Å². The van der Waals surface area contributed by atoms with Gasteiger partial charge >= 0.3 is 17.2 Å². The molecule has 0 unspecified atom stereocenters. The molecule has 2 aromatic rings. The molecule has 0 spiro atoms. The van der Waals surface area contributed by atoms with Crippen LogP contribution in [0.3, 0.4) is 0 Å². The molecule has 2 aromatic heterocycles. The molecule has 24 heavy (non-hydrogen) atoms. The first-order chi connectivity index (χ1) is 11.1. The van der Waals surface area contributed by atoms with Gasteiger partial charge in [0.15, 0.2) is 5.82 Å². The van der Waals surface area contributed by atoms with Crippen molar-refractivity contribution < 1.29 is 19.0 Å². The Kier molecular flexibility index (Phi) is 4.49. The summed E-state index contributed by atoms with van der Waals surface area (Å²) in [5.41, 5.74) is -2.12. The molecule has 2 rings (SSSR count). The van der Waals surface area contributed by atoms with Crippen LogP contribution in [0.2, 0.25) is 0 Å². The zero-order valence-electron chi connectivity index (χ0n) is 13.6. The number of nitrogens with zero attached hydrogens (tertiary/aromatic N) is 4. The number of methoxy groups -OCH3 is 1. The second-order valence-electron chi connectivity index (χ2n) is 6.06. The van der Waals surface area contributed by atoms with E-state index in [4.69, 9.17) is 4.52 Å². The van der Waals surface area contributed by atoms with Crippen LogP contribution in [-0.4, -0.2) is 32.7 Å². The zero-order valence-corrected chi connectivity index (χ0v) is 13.6. The Morgan fingerprint density at radius 1 is 1.46 bits per heavy atom. The van der Waals surface area contributed by atoms with Crippen molar-refractivity contribution in [2.24, 2.45) is 0 Å². The van der Waals surface area contributed by atoms with Gasteiger partial charge in [-0.1, -0.05) is 25.9 Å². The number of pyridine rings is 1. The number of esters is 1. The van der Waals surface area contributed by atoms with Gasteiger partial charge in [0.2, 0.25) is 5.89 Å². The molecule has 10 nitrogen and oxygen atoms in total. The highest BCUT2D eigenvalue weighted by Crippen LogP contribution is 2.20. The topological polar surface area (TPSA) is 130 Å². The lowest BCUT2D eigenvalue weighted by atomic mass is 9.97. The van der Waals surface area contributed by atoms with Crippen LogP contribution in [0.4, 0.5) is 5.69 Å². The van der Waals surface area contributed by atoms with Crippen molar-refractivity contribution in [2.45, 2.75) is 32.7 Å². The number of hydrogen-bond acceptors (Lipinski definition) is 8. The number of rotatable bonds is 4. The summed E-state index contributed by atoms with van der Waals surface area (Å²) in [7, 11) is 1.14. The molecule has 0 aliphatic rings. The van der Waals surface area contributed by atoms with Crippen molar-refractivity contribution in [3.8, 4) is 0 Å². The van der Waals surface area contributed by atoms with E-state index in [1.54, 1.807) is 0 Å². The van der Waals surface area contributed by atoms with Gasteiger partial charge in [-0.15, -0.1) is 0 Å². The van der Waals surface area contributed by atoms with Crippen LogP contribution >= 0.6 is 0 Å². The minimum absolute atomic E-state index is 0.122. The van der Waals surface area contributed by atoms with Crippen molar-refractivity contribution in [1.82, 2.24) is 14.7 Å². The maximum absolute atomic E-state index is 12.2. The Hall–Kier alpha value is -3.04. The smallest absolute Gasteiger partial charge is 0.339 e. The fourth-order valence-corrected chi connectivity index (χ4v) is 1.87. The van der Waals surface area contributed by atoms with E-state index < -0.39 is 22.1 Å². The molecule has 0 aliphatic heterocycles. The number of carbonyl (C=O) groups is 1. The lowest BCUT2D eigenvalue weighted by Crippen LogP contribution is -2.25. The van der Waals surface area contributed by atoms with Gasteiger partial charge < -0.3 is 13.8 Å². The molecular weight excluding hydrogens is 320 g/mol. The Morgan fingerprint density at radius 3 is 2.62 bits per heavy atom. The van der Waals surface area contributed by atoms with E-state index in [1.165, 1.54) is 0 Å². The van der Waals surface area contributed by atoms with Crippen LogP contribution in [-0.2, 0) is 16.7 Å². The summed E-state index contributed by atoms with van der Waals surface area (Å²) >= 11 is 0. The van der Waals surface area contributed by atoms with Gasteiger partial charge in [-0.25, -0.2) is 4.79 Å². The molecule has 0 fully saturated rings. The van der Waals surface area contributed by atoms with E-state index in [2.05, 4.69) is 14.9 Å². The first-order valence-corrected chi connectivity index (χ1v) is 6.93. The minimum atomic E-state index is -0.880. The highest BCUT2D eigenvalue weighted by Gasteiger charge is 2.24. The highest BCUT2D eigenvalue weighted by atomic mass is 16.6. The predicted octanol–water partition coefficient (Wildman–Crippen LogP) is 1.27. The fourth-order valence-electron chi connectivity index (χ4n) is 1.87. The van der Waals surface area contributed by atoms with Crippen molar-refractivity contribution in [3.63, 3.8) is 0 Å². The largest absolute Gasteiger partial charge is 0.465 e. The lowest BCUT2D eigenvalue weighted by molar-refractivity contribution is -0.386. The van der Waals surface area contributed by atoms with Crippen LogP contribution < -0.4 is 5.56 Å². The number of nitro groups is 1. The van der Waals surface area contributed by atoms with Gasteiger partial charge in [0, 0.05) is 17.7 Å². The molecule has 0 atom stereocenters. The Bertz CT molecular complexity index is 846. The summed E-state index contributed by atoms with van der Waals surface area (Å²) in [6, 6.07) is 0.876. The molecule has 10 heteroatoms. The number of aromatic nitrogens is 3. The average molecular weight is 336 g/mol. The Balaban J connectivity index is 2.47. The number of carbonyl (C=O) groups excluding carboxylic acids is 1. The second-order valence-corrected chi connectivity index (χ2v) is 6.06. The van der Waals surface area contributed by atoms with Crippen molar-refractivity contribution in [2.75, 3.05) is 7.11 Å². The van der Waals surface area contributed by atoms with Gasteiger partial charge in [0.05, 0.1) is 24.1 Å². The molecule has 128 valence electrons. The molecular formula is C14H16N4O6. The third-order valence-electron chi connectivity index (χ3n) is 3.11. The number of ether oxygens (including phenoxy) is 1. The first-order valence-electron chi connectivity index (χ1n) is 6.93. The van der Waals surface area contributed by atoms with E-state index in [0.29, 0.717) is 5.89 Å². The van der Waals surface area contributed by atoms with Gasteiger partial charge in [-0.05, 0) is 0 Å². The molecule has 0 radical (unpaired) electrons. The van der Waals surface area contributed by atoms with Crippen LogP contribution in [0, 0.1) is 10.1 Å². The lowest BCUT2D eigenvalue weighted by Gasteiger charge is -2.10. The monoisotopic (exact) mass is 336 g/mol. The van der Waals surface area contributed by atoms with Crippen molar-refractivity contribution in [1.29, 1.82) is 0 Å². The minimum Gasteiger partial charge on any atom is -0.465 e. The van der Waals surface area contributed by atoms with Gasteiger partial charge in [0.25, 0.3) is 0 Å². The van der Waals surface area contributed by atoms with Crippen LogP contribution in [0.25, 0.3) is 0 Å². The molecule has 0 saturated carbocycles. The SMILES string of the molecule is COC(=O)c1cc([N+](=O)[O-])c(=O)n(Cc2noc(C(C)(C)C)n2)c1. The Labute approximate surface area is 136 Å². The summed E-state index contributed by atoms with van der Waals surface area (Å²) in [4.78, 5) is 38.1. The summed E-state index contributed by atoms with van der Waals surface area (Å²) in [6.45, 7) is 5.45. The van der Waals surface area contributed by atoms with Gasteiger partial charge in [-0.3, -0.25) is 14.9 Å². The van der Waals surface area contributed by atoms with E-state index in [1.807, 2.05) is 20.8 Å². The molecule has 0 saturated heterocycles. The average Bonchev–Trinajstić information content (AvgIpc) is 2.97. The normalized spacial score (nSPS) is 11.3. The summed E-state index contributed by atoms with van der Waals surface area (Å²) in [5, 5.41) is 14.8. The second kappa shape index (κ2) is 6.22. The fraction of sp³-hybridized carbons (Fsp3) is 0.429. The van der Waals surface area contributed by atoms with Crippen molar-refractivity contribution >= 4 is 11.7 Å². The third-order valence-corrected chi connectivity index (χ3v) is 3.11. The molecule has 0 N–H and O–H groups in total. The van der Waals surface area contributed by atoms with E-state index in [9.17, 15) is 19.7 Å². The zero-order chi connectivity index (χ0) is 18.1. The first kappa shape index (κ1) is 17.3. The van der Waals surface area contributed by atoms with Crippen molar-refractivity contribution in [3.05, 3.63) is 50.0 Å². The van der Waals surface area contributed by atoms with E-state index in [0.717, 1.165) is 23.9 Å². The molecule has 0 amide bonds. The van der Waals surface area contributed by atoms with Gasteiger partial charge in [0.1, 0.15) is 0 Å². The maximum atomic E-state index is 12.2. The standard InChI is InChI=1S/C14H16N4O6/c1-14(2,3)13-15-10(16-24-13)7-17-6-8(12(20)23-4)5-9(11(17)19)18(21)22/h5-6H,7H2,1-4H3. The molecule has 0 aliphatic carbocycles. The quantitative estimate of drug-likeness (QED) is 0.463. The molecule has 2 heterocycles. The molecule has 0 bridgehead atoms. The summed E-state index contributed by atoms with van der Waals surface area (Å²) in [5.74, 6) is -0.266. The highest BCUT2D eigenvalue weighted by molar-refractivity contribution is 5.89. The van der Waals surface area contributed by atoms with Crippen LogP contribution in [0.1, 0.15) is 42.8 Å². The van der Waals surface area contributed by atoms with Crippen LogP contribution in [0.15, 0.2) is 21.6 Å². The maximum Gasteiger partial charge on any atom is 0.339 e. The van der Waals surface area contributed by atoms with E-state index >= 15 is 0 Å². The number of hydrogen-bond donors (Lipinski definition) is 0. The van der Waals surface area contributed by atoms with E-state index in [-0.39, 0.29) is 23.3 Å². The van der Waals surface area contributed by atoms with Gasteiger partial charge in [-0.2, -0.15) is 4.98 Å². The summed E-state index contributed by atoms with van der Waals surface area (Å²) in [6.07, 6.45) is 1.16. The third kappa shape index (κ3) is 3.47. The predicted molar refractivity (Wildman–Crippen MR) is 80.8 cm³/mol. The summed E-state index contributed by atoms with van der Waals surface area (Å²) < 4.78 is 10.6. The Morgan fingerprint density at radius 2 is 2.12 bits per heavy atom.